The van der Waals surface area contributed by atoms with E-state index in [1.165, 1.54) is 27.8 Å². The largest absolute Gasteiger partial charge is 0.271 e. The molecule has 0 bridgehead atoms. The van der Waals surface area contributed by atoms with Gasteiger partial charge in [-0.3, -0.25) is 5.10 Å². The second kappa shape index (κ2) is 2.88. The van der Waals surface area contributed by atoms with Crippen molar-refractivity contribution in [1.82, 2.24) is 10.2 Å². The summed E-state index contributed by atoms with van der Waals surface area (Å²) in [6.07, 6.45) is 3.22. The zero-order valence-electron chi connectivity index (χ0n) is 5.46. The molecule has 2 rings (SSSR count). The number of fused-ring (bicyclic) bond motifs is 1. The predicted octanol–water partition coefficient (Wildman–Crippen LogP) is 2.00. The van der Waals surface area contributed by atoms with E-state index in [4.69, 9.17) is 0 Å². The number of hydrogen-bond acceptors (Lipinski definition) is 3. The SMILES string of the molecule is c1n[nH]c2c1SCCCS2. The van der Waals surface area contributed by atoms with Crippen molar-refractivity contribution >= 4 is 23.5 Å². The normalized spacial score (nSPS) is 18.0. The van der Waals surface area contributed by atoms with E-state index in [9.17, 15) is 0 Å². The van der Waals surface area contributed by atoms with Crippen LogP contribution in [0.5, 0.6) is 0 Å². The van der Waals surface area contributed by atoms with Gasteiger partial charge in [-0.25, -0.2) is 0 Å². The highest BCUT2D eigenvalue weighted by molar-refractivity contribution is 8.02. The van der Waals surface area contributed by atoms with Gasteiger partial charge in [-0.1, -0.05) is 0 Å². The van der Waals surface area contributed by atoms with E-state index < -0.39 is 0 Å². The van der Waals surface area contributed by atoms with Gasteiger partial charge in [0.15, 0.2) is 0 Å². The molecule has 0 aliphatic carbocycles. The maximum absolute atomic E-state index is 3.98. The number of nitrogens with zero attached hydrogens (tertiary/aromatic N) is 1. The van der Waals surface area contributed by atoms with Crippen molar-refractivity contribution in [2.24, 2.45) is 0 Å². The first kappa shape index (κ1) is 6.61. The van der Waals surface area contributed by atoms with Gasteiger partial charge in [0.05, 0.1) is 11.1 Å². The van der Waals surface area contributed by atoms with Gasteiger partial charge in [0.1, 0.15) is 5.03 Å². The average Bonchev–Trinajstić information content (AvgIpc) is 2.28. The monoisotopic (exact) mass is 172 g/mol. The molecule has 1 aromatic heterocycles. The maximum atomic E-state index is 3.98. The Labute approximate surface area is 68.2 Å². The summed E-state index contributed by atoms with van der Waals surface area (Å²) < 4.78 is 0. The van der Waals surface area contributed by atoms with Crippen LogP contribution in [0.25, 0.3) is 0 Å². The smallest absolute Gasteiger partial charge is 0.104 e. The van der Waals surface area contributed by atoms with Crippen LogP contribution in [-0.2, 0) is 0 Å². The first-order chi connectivity index (χ1) is 4.97. The third-order valence-corrected chi connectivity index (χ3v) is 3.70. The molecule has 1 aliphatic rings. The zero-order chi connectivity index (χ0) is 6.81. The Kier molecular flexibility index (Phi) is 1.90. The van der Waals surface area contributed by atoms with Crippen LogP contribution in [0.4, 0.5) is 0 Å². The third kappa shape index (κ3) is 1.18. The molecule has 0 aromatic carbocycles. The van der Waals surface area contributed by atoms with Crippen molar-refractivity contribution in [2.45, 2.75) is 16.3 Å². The molecule has 0 atom stereocenters. The topological polar surface area (TPSA) is 28.7 Å². The van der Waals surface area contributed by atoms with E-state index in [2.05, 4.69) is 10.2 Å². The number of hydrogen-bond donors (Lipinski definition) is 1. The Balaban J connectivity index is 2.28. The lowest BCUT2D eigenvalue weighted by atomic mass is 10.6. The van der Waals surface area contributed by atoms with E-state index in [0.717, 1.165) is 0 Å². The Morgan fingerprint density at radius 2 is 2.30 bits per heavy atom. The van der Waals surface area contributed by atoms with E-state index in [1.807, 2.05) is 29.7 Å². The number of thioether (sulfide) groups is 2. The molecule has 1 N–H and O–H groups in total. The Morgan fingerprint density at radius 1 is 1.40 bits per heavy atom. The average molecular weight is 172 g/mol. The zero-order valence-corrected chi connectivity index (χ0v) is 7.10. The van der Waals surface area contributed by atoms with Crippen molar-refractivity contribution in [1.29, 1.82) is 0 Å². The highest BCUT2D eigenvalue weighted by Crippen LogP contribution is 2.32. The van der Waals surface area contributed by atoms with Crippen LogP contribution >= 0.6 is 23.5 Å². The fraction of sp³-hybridized carbons (Fsp3) is 0.500. The summed E-state index contributed by atoms with van der Waals surface area (Å²) >= 11 is 3.78. The fourth-order valence-corrected chi connectivity index (χ4v) is 3.04. The molecule has 0 unspecified atom stereocenters. The summed E-state index contributed by atoms with van der Waals surface area (Å²) in [6.45, 7) is 0. The molecule has 0 saturated heterocycles. The van der Waals surface area contributed by atoms with Crippen LogP contribution in [0, 0.1) is 0 Å². The number of H-pyrrole nitrogens is 1. The van der Waals surface area contributed by atoms with Gasteiger partial charge in [-0.2, -0.15) is 5.10 Å². The van der Waals surface area contributed by atoms with Crippen LogP contribution in [-0.4, -0.2) is 21.7 Å². The molecule has 10 heavy (non-hydrogen) atoms. The lowest BCUT2D eigenvalue weighted by molar-refractivity contribution is 0.990. The number of aromatic amines is 1. The molecule has 1 aromatic rings. The van der Waals surface area contributed by atoms with Crippen molar-refractivity contribution in [3.63, 3.8) is 0 Å². The van der Waals surface area contributed by atoms with E-state index in [-0.39, 0.29) is 0 Å². The number of nitrogens with one attached hydrogen (secondary N) is 1. The predicted molar refractivity (Wildman–Crippen MR) is 44.7 cm³/mol. The first-order valence-electron chi connectivity index (χ1n) is 3.26. The molecule has 2 heterocycles. The summed E-state index contributed by atoms with van der Waals surface area (Å²) in [4.78, 5) is 1.32. The van der Waals surface area contributed by atoms with Crippen molar-refractivity contribution in [2.75, 3.05) is 11.5 Å². The van der Waals surface area contributed by atoms with Crippen LogP contribution in [0.1, 0.15) is 6.42 Å². The van der Waals surface area contributed by atoms with E-state index >= 15 is 0 Å². The maximum Gasteiger partial charge on any atom is 0.104 e. The fourth-order valence-electron chi connectivity index (χ4n) is 0.885. The van der Waals surface area contributed by atoms with Gasteiger partial charge in [-0.05, 0) is 12.2 Å². The molecule has 0 radical (unpaired) electrons. The quantitative estimate of drug-likeness (QED) is 0.649. The van der Waals surface area contributed by atoms with Gasteiger partial charge in [0.25, 0.3) is 0 Å². The summed E-state index contributed by atoms with van der Waals surface area (Å²) in [5, 5.41) is 8.22. The number of rotatable bonds is 0. The van der Waals surface area contributed by atoms with E-state index in [1.54, 1.807) is 0 Å². The highest BCUT2D eigenvalue weighted by Gasteiger charge is 2.09. The minimum atomic E-state index is 1.22. The minimum Gasteiger partial charge on any atom is -0.271 e. The van der Waals surface area contributed by atoms with Crippen molar-refractivity contribution in [3.05, 3.63) is 6.20 Å². The molecule has 2 nitrogen and oxygen atoms in total. The minimum absolute atomic E-state index is 1.22. The van der Waals surface area contributed by atoms with Gasteiger partial charge >= 0.3 is 0 Å². The Bertz CT molecular complexity index is 201. The van der Waals surface area contributed by atoms with E-state index in [0.29, 0.717) is 0 Å². The summed E-state index contributed by atoms with van der Waals surface area (Å²) in [6, 6.07) is 0. The van der Waals surface area contributed by atoms with Crippen LogP contribution in [0.3, 0.4) is 0 Å². The van der Waals surface area contributed by atoms with Gasteiger partial charge < -0.3 is 0 Å². The van der Waals surface area contributed by atoms with Gasteiger partial charge in [0.2, 0.25) is 0 Å². The standard InChI is InChI=1S/C6H8N2S2/c1-2-9-5-4-7-8-6(5)10-3-1/h4H,1-3H2,(H,7,8). The Morgan fingerprint density at radius 3 is 3.30 bits per heavy atom. The third-order valence-electron chi connectivity index (χ3n) is 1.36. The lowest BCUT2D eigenvalue weighted by Crippen LogP contribution is -1.78. The molecule has 0 amide bonds. The summed E-state index contributed by atoms with van der Waals surface area (Å²) in [5.41, 5.74) is 0. The highest BCUT2D eigenvalue weighted by atomic mass is 32.2. The van der Waals surface area contributed by atoms with Gasteiger partial charge in [-0.15, -0.1) is 23.5 Å². The second-order valence-electron chi connectivity index (χ2n) is 2.11. The summed E-state index contributed by atoms with van der Waals surface area (Å²) in [7, 11) is 0. The summed E-state index contributed by atoms with van der Waals surface area (Å²) in [5.74, 6) is 2.46. The first-order valence-corrected chi connectivity index (χ1v) is 5.23. The van der Waals surface area contributed by atoms with Crippen LogP contribution in [0.15, 0.2) is 16.1 Å². The van der Waals surface area contributed by atoms with Crippen molar-refractivity contribution < 1.29 is 0 Å². The second-order valence-corrected chi connectivity index (χ2v) is 4.36. The lowest BCUT2D eigenvalue weighted by Gasteiger charge is -1.90. The number of aromatic nitrogens is 2. The van der Waals surface area contributed by atoms with Gasteiger partial charge in [0, 0.05) is 5.75 Å². The molecule has 1 aliphatic heterocycles. The molecule has 54 valence electrons. The van der Waals surface area contributed by atoms with Crippen molar-refractivity contribution in [3.8, 4) is 0 Å². The molecule has 0 fully saturated rings. The molecule has 0 spiro atoms. The molecule has 4 heteroatoms. The molecule has 0 saturated carbocycles. The Hall–Kier alpha value is -0.0900. The molecular weight excluding hydrogens is 164 g/mol. The van der Waals surface area contributed by atoms with Crippen LogP contribution < -0.4 is 0 Å². The van der Waals surface area contributed by atoms with Crippen LogP contribution in [0.2, 0.25) is 0 Å². The molecular formula is C6H8N2S2.